The lowest BCUT2D eigenvalue weighted by Gasteiger charge is -2.07. The quantitative estimate of drug-likeness (QED) is 0.443. The molecule has 1 aromatic heterocycles. The van der Waals surface area contributed by atoms with Gasteiger partial charge >= 0.3 is 5.97 Å². The van der Waals surface area contributed by atoms with Gasteiger partial charge in [-0.2, -0.15) is 0 Å². The predicted octanol–water partition coefficient (Wildman–Crippen LogP) is 2.63. The number of hydrogen-bond acceptors (Lipinski definition) is 7. The molecule has 122 valence electrons. The molecular formula is C16H17NO6. The summed E-state index contributed by atoms with van der Waals surface area (Å²) in [4.78, 5) is 16.6. The summed E-state index contributed by atoms with van der Waals surface area (Å²) < 4.78 is 20.2. The van der Waals surface area contributed by atoms with E-state index in [1.807, 2.05) is 0 Å². The van der Waals surface area contributed by atoms with Crippen LogP contribution in [0.25, 0.3) is 0 Å². The van der Waals surface area contributed by atoms with Gasteiger partial charge in [0.15, 0.2) is 23.9 Å². The van der Waals surface area contributed by atoms with Crippen LogP contribution < -0.4 is 9.47 Å². The maximum absolute atomic E-state index is 11.5. The molecule has 2 aromatic rings. The molecule has 1 aromatic carbocycles. The maximum atomic E-state index is 11.5. The topological polar surface area (TPSA) is 79.5 Å². The normalized spacial score (nSPS) is 10.6. The highest BCUT2D eigenvalue weighted by Crippen LogP contribution is 2.26. The number of oxime groups is 1. The zero-order chi connectivity index (χ0) is 16.7. The largest absolute Gasteiger partial charge is 0.493 e. The second-order valence-corrected chi connectivity index (χ2v) is 4.37. The SMILES string of the molecule is COC(=O)c1ccoc1CON=Cc1ccc(OC)c(OC)c1. The Hall–Kier alpha value is -2.96. The summed E-state index contributed by atoms with van der Waals surface area (Å²) in [6.45, 7) is 0.0151. The van der Waals surface area contributed by atoms with Gasteiger partial charge in [-0.15, -0.1) is 0 Å². The van der Waals surface area contributed by atoms with Crippen LogP contribution in [0.3, 0.4) is 0 Å². The summed E-state index contributed by atoms with van der Waals surface area (Å²) in [5.74, 6) is 1.09. The lowest BCUT2D eigenvalue weighted by molar-refractivity contribution is 0.0587. The molecule has 0 atom stereocenters. The third kappa shape index (κ3) is 4.03. The van der Waals surface area contributed by atoms with Crippen molar-refractivity contribution in [3.05, 3.63) is 47.4 Å². The first-order chi connectivity index (χ1) is 11.2. The van der Waals surface area contributed by atoms with Crippen molar-refractivity contribution in [3.63, 3.8) is 0 Å². The monoisotopic (exact) mass is 319 g/mol. The Morgan fingerprint density at radius 3 is 2.65 bits per heavy atom. The van der Waals surface area contributed by atoms with Gasteiger partial charge in [0.2, 0.25) is 0 Å². The molecule has 0 aliphatic heterocycles. The van der Waals surface area contributed by atoms with E-state index in [4.69, 9.17) is 18.7 Å². The molecule has 0 bridgehead atoms. The van der Waals surface area contributed by atoms with Crippen molar-refractivity contribution in [2.75, 3.05) is 21.3 Å². The van der Waals surface area contributed by atoms with Crippen LogP contribution in [-0.4, -0.2) is 33.5 Å². The van der Waals surface area contributed by atoms with E-state index in [1.54, 1.807) is 32.4 Å². The van der Waals surface area contributed by atoms with Gasteiger partial charge in [0, 0.05) is 5.56 Å². The summed E-state index contributed by atoms with van der Waals surface area (Å²) >= 11 is 0. The van der Waals surface area contributed by atoms with Gasteiger partial charge in [-0.25, -0.2) is 4.79 Å². The van der Waals surface area contributed by atoms with Crippen LogP contribution in [0.1, 0.15) is 21.7 Å². The molecule has 0 unspecified atom stereocenters. The second-order valence-electron chi connectivity index (χ2n) is 4.37. The molecule has 1 heterocycles. The van der Waals surface area contributed by atoms with Gasteiger partial charge in [0.1, 0.15) is 5.56 Å². The number of benzene rings is 1. The van der Waals surface area contributed by atoms with Crippen LogP contribution in [0.15, 0.2) is 40.1 Å². The van der Waals surface area contributed by atoms with E-state index in [-0.39, 0.29) is 6.61 Å². The van der Waals surface area contributed by atoms with Crippen LogP contribution in [0.2, 0.25) is 0 Å². The van der Waals surface area contributed by atoms with Crippen molar-refractivity contribution in [1.82, 2.24) is 0 Å². The maximum Gasteiger partial charge on any atom is 0.341 e. The highest BCUT2D eigenvalue weighted by Gasteiger charge is 2.15. The zero-order valence-corrected chi connectivity index (χ0v) is 13.1. The minimum absolute atomic E-state index is 0.0151. The van der Waals surface area contributed by atoms with E-state index in [0.29, 0.717) is 22.8 Å². The number of carbonyl (C=O) groups excluding carboxylic acids is 1. The highest BCUT2D eigenvalue weighted by atomic mass is 16.6. The Morgan fingerprint density at radius 1 is 1.17 bits per heavy atom. The summed E-state index contributed by atoms with van der Waals surface area (Å²) in [6, 6.07) is 6.85. The first kappa shape index (κ1) is 16.4. The van der Waals surface area contributed by atoms with Crippen molar-refractivity contribution >= 4 is 12.2 Å². The lowest BCUT2D eigenvalue weighted by Crippen LogP contribution is -2.03. The average Bonchev–Trinajstić information content (AvgIpc) is 3.06. The molecule has 0 saturated heterocycles. The van der Waals surface area contributed by atoms with Gasteiger partial charge in [-0.05, 0) is 24.3 Å². The second kappa shape index (κ2) is 7.88. The number of nitrogens with zero attached hydrogens (tertiary/aromatic N) is 1. The van der Waals surface area contributed by atoms with Crippen molar-refractivity contribution < 1.29 is 28.3 Å². The molecule has 0 N–H and O–H groups in total. The smallest absolute Gasteiger partial charge is 0.341 e. The predicted molar refractivity (Wildman–Crippen MR) is 82.0 cm³/mol. The van der Waals surface area contributed by atoms with E-state index in [0.717, 1.165) is 5.56 Å². The molecule has 2 rings (SSSR count). The zero-order valence-electron chi connectivity index (χ0n) is 13.1. The molecular weight excluding hydrogens is 302 g/mol. The number of ether oxygens (including phenoxy) is 3. The van der Waals surface area contributed by atoms with Crippen LogP contribution >= 0.6 is 0 Å². The number of carbonyl (C=O) groups is 1. The van der Waals surface area contributed by atoms with E-state index in [9.17, 15) is 4.79 Å². The number of rotatable bonds is 7. The van der Waals surface area contributed by atoms with Crippen molar-refractivity contribution in [1.29, 1.82) is 0 Å². The van der Waals surface area contributed by atoms with Gasteiger partial charge in [-0.3, -0.25) is 0 Å². The molecule has 7 nitrogen and oxygen atoms in total. The standard InChI is InChI=1S/C16H17NO6/c1-19-13-5-4-11(8-14(13)20-2)9-17-23-10-15-12(6-7-22-15)16(18)21-3/h4-9H,10H2,1-3H3. The first-order valence-electron chi connectivity index (χ1n) is 6.71. The van der Waals surface area contributed by atoms with Crippen LogP contribution in [-0.2, 0) is 16.2 Å². The fourth-order valence-electron chi connectivity index (χ4n) is 1.87. The van der Waals surface area contributed by atoms with E-state index in [1.165, 1.54) is 25.7 Å². The average molecular weight is 319 g/mol. The molecule has 0 aliphatic rings. The molecule has 0 saturated carbocycles. The van der Waals surface area contributed by atoms with E-state index in [2.05, 4.69) is 9.89 Å². The van der Waals surface area contributed by atoms with Crippen molar-refractivity contribution in [2.45, 2.75) is 6.61 Å². The third-order valence-electron chi connectivity index (χ3n) is 3.03. The fourth-order valence-corrected chi connectivity index (χ4v) is 1.87. The number of methoxy groups -OCH3 is 3. The summed E-state index contributed by atoms with van der Waals surface area (Å²) in [6.07, 6.45) is 2.91. The number of hydrogen-bond donors (Lipinski definition) is 0. The molecule has 0 aliphatic carbocycles. The third-order valence-corrected chi connectivity index (χ3v) is 3.03. The highest BCUT2D eigenvalue weighted by molar-refractivity contribution is 5.90. The fraction of sp³-hybridized carbons (Fsp3) is 0.250. The van der Waals surface area contributed by atoms with Crippen molar-refractivity contribution in [2.24, 2.45) is 5.16 Å². The minimum atomic E-state index is -0.485. The molecule has 0 radical (unpaired) electrons. The lowest BCUT2D eigenvalue weighted by atomic mass is 10.2. The molecule has 23 heavy (non-hydrogen) atoms. The Morgan fingerprint density at radius 2 is 1.96 bits per heavy atom. The summed E-state index contributed by atoms with van der Waals surface area (Å²) in [7, 11) is 4.42. The van der Waals surface area contributed by atoms with Crippen LogP contribution in [0.5, 0.6) is 11.5 Å². The number of furan rings is 1. The Labute approximate surface area is 133 Å². The van der Waals surface area contributed by atoms with E-state index < -0.39 is 5.97 Å². The minimum Gasteiger partial charge on any atom is -0.493 e. The summed E-state index contributed by atoms with van der Waals surface area (Å²) in [5, 5.41) is 3.84. The van der Waals surface area contributed by atoms with Gasteiger partial charge in [-0.1, -0.05) is 5.16 Å². The van der Waals surface area contributed by atoms with E-state index >= 15 is 0 Å². The molecule has 0 amide bonds. The Bertz CT molecular complexity index is 692. The number of esters is 1. The van der Waals surface area contributed by atoms with Gasteiger partial charge in [0.05, 0.1) is 33.8 Å². The summed E-state index contributed by atoms with van der Waals surface area (Å²) in [5.41, 5.74) is 1.09. The molecule has 7 heteroatoms. The molecule has 0 fully saturated rings. The van der Waals surface area contributed by atoms with Crippen LogP contribution in [0, 0.1) is 0 Å². The van der Waals surface area contributed by atoms with Gasteiger partial charge in [0.25, 0.3) is 0 Å². The van der Waals surface area contributed by atoms with Crippen molar-refractivity contribution in [3.8, 4) is 11.5 Å². The first-order valence-corrected chi connectivity index (χ1v) is 6.71. The Balaban J connectivity index is 1.98. The Kier molecular flexibility index (Phi) is 5.62. The molecule has 0 spiro atoms. The van der Waals surface area contributed by atoms with Gasteiger partial charge < -0.3 is 23.5 Å². The van der Waals surface area contributed by atoms with Crippen LogP contribution in [0.4, 0.5) is 0 Å².